The van der Waals surface area contributed by atoms with Gasteiger partial charge in [0.15, 0.2) is 0 Å². The number of amides is 1. The summed E-state index contributed by atoms with van der Waals surface area (Å²) >= 11 is 1.77. The fourth-order valence-electron chi connectivity index (χ4n) is 3.31. The fraction of sp³-hybridized carbons (Fsp3) is 0.688. The monoisotopic (exact) mass is 308 g/mol. The van der Waals surface area contributed by atoms with E-state index in [0.717, 1.165) is 45.7 Å². The second-order valence-corrected chi connectivity index (χ2v) is 6.89. The van der Waals surface area contributed by atoms with Crippen molar-refractivity contribution >= 4 is 17.2 Å². The lowest BCUT2D eigenvalue weighted by molar-refractivity contribution is -0.125. The van der Waals surface area contributed by atoms with Gasteiger partial charge >= 0.3 is 0 Å². The number of thiophene rings is 1. The number of morpholine rings is 1. The Morgan fingerprint density at radius 1 is 1.38 bits per heavy atom. The summed E-state index contributed by atoms with van der Waals surface area (Å²) in [4.78, 5) is 16.0. The molecule has 1 aliphatic carbocycles. The van der Waals surface area contributed by atoms with Gasteiger partial charge in [-0.2, -0.15) is 0 Å². The molecular formula is C16H24N2O2S. The Balaban J connectivity index is 1.60. The van der Waals surface area contributed by atoms with Crippen molar-refractivity contribution in [3.05, 3.63) is 22.4 Å². The lowest BCUT2D eigenvalue weighted by Gasteiger charge is -2.34. The third kappa shape index (κ3) is 3.84. The molecule has 0 aromatic carbocycles. The molecule has 2 fully saturated rings. The molecule has 1 saturated heterocycles. The molecule has 4 nitrogen and oxygen atoms in total. The van der Waals surface area contributed by atoms with Crippen LogP contribution in [0, 0.1) is 5.92 Å². The highest BCUT2D eigenvalue weighted by Crippen LogP contribution is 2.27. The van der Waals surface area contributed by atoms with Gasteiger partial charge in [-0.1, -0.05) is 18.9 Å². The summed E-state index contributed by atoms with van der Waals surface area (Å²) in [7, 11) is 0. The molecular weight excluding hydrogens is 284 g/mol. The smallest absolute Gasteiger partial charge is 0.223 e. The van der Waals surface area contributed by atoms with Crippen LogP contribution in [0.5, 0.6) is 0 Å². The van der Waals surface area contributed by atoms with Gasteiger partial charge in [-0.25, -0.2) is 0 Å². The first-order chi connectivity index (χ1) is 10.3. The second-order valence-electron chi connectivity index (χ2n) is 5.91. The van der Waals surface area contributed by atoms with Crippen molar-refractivity contribution in [2.75, 3.05) is 32.8 Å². The van der Waals surface area contributed by atoms with Crippen LogP contribution in [0.2, 0.25) is 0 Å². The first kappa shape index (κ1) is 15.0. The maximum Gasteiger partial charge on any atom is 0.223 e. The normalized spacial score (nSPS) is 22.3. The van der Waals surface area contributed by atoms with Gasteiger partial charge in [-0.05, 0) is 24.3 Å². The maximum absolute atomic E-state index is 12.3. The van der Waals surface area contributed by atoms with Crippen molar-refractivity contribution in [3.63, 3.8) is 0 Å². The maximum atomic E-state index is 12.3. The van der Waals surface area contributed by atoms with Crippen LogP contribution in [0.3, 0.4) is 0 Å². The lowest BCUT2D eigenvalue weighted by atomic mass is 10.1. The minimum absolute atomic E-state index is 0.249. The molecule has 3 rings (SSSR count). The van der Waals surface area contributed by atoms with Gasteiger partial charge in [0, 0.05) is 30.4 Å². The van der Waals surface area contributed by atoms with Gasteiger partial charge in [-0.3, -0.25) is 9.69 Å². The molecule has 1 aromatic rings. The standard InChI is InChI=1S/C16H24N2O2S/c19-16(13-4-1-2-5-13)17-12-14(15-6-3-11-21-15)18-7-9-20-10-8-18/h3,6,11,13-14H,1-2,4-5,7-10,12H2,(H,17,19). The number of hydrogen-bond acceptors (Lipinski definition) is 4. The van der Waals surface area contributed by atoms with Crippen molar-refractivity contribution in [1.82, 2.24) is 10.2 Å². The number of rotatable bonds is 5. The summed E-state index contributed by atoms with van der Waals surface area (Å²) in [6, 6.07) is 4.55. The van der Waals surface area contributed by atoms with Crippen LogP contribution < -0.4 is 5.32 Å². The van der Waals surface area contributed by atoms with E-state index in [0.29, 0.717) is 6.04 Å². The molecule has 0 spiro atoms. The van der Waals surface area contributed by atoms with Gasteiger partial charge in [-0.15, -0.1) is 11.3 Å². The number of carbonyl (C=O) groups is 1. The van der Waals surface area contributed by atoms with E-state index in [4.69, 9.17) is 4.74 Å². The van der Waals surface area contributed by atoms with Crippen LogP contribution >= 0.6 is 11.3 Å². The summed E-state index contributed by atoms with van der Waals surface area (Å²) in [6.07, 6.45) is 4.53. The Kier molecular flexibility index (Phi) is 5.27. The van der Waals surface area contributed by atoms with E-state index in [9.17, 15) is 4.79 Å². The number of carbonyl (C=O) groups excluding carboxylic acids is 1. The fourth-order valence-corrected chi connectivity index (χ4v) is 4.17. The van der Waals surface area contributed by atoms with Crippen LogP contribution in [-0.4, -0.2) is 43.7 Å². The first-order valence-corrected chi connectivity index (χ1v) is 8.85. The van der Waals surface area contributed by atoms with Crippen molar-refractivity contribution in [1.29, 1.82) is 0 Å². The predicted molar refractivity (Wildman–Crippen MR) is 84.4 cm³/mol. The SMILES string of the molecule is O=C(NCC(c1cccs1)N1CCOCC1)C1CCCC1. The number of hydrogen-bond donors (Lipinski definition) is 1. The third-order valence-electron chi connectivity index (χ3n) is 4.55. The van der Waals surface area contributed by atoms with E-state index >= 15 is 0 Å². The minimum atomic E-state index is 0.249. The highest BCUT2D eigenvalue weighted by molar-refractivity contribution is 7.10. The number of nitrogens with zero attached hydrogens (tertiary/aromatic N) is 1. The van der Waals surface area contributed by atoms with Gasteiger partial charge in [0.1, 0.15) is 0 Å². The van der Waals surface area contributed by atoms with E-state index in [1.54, 1.807) is 11.3 Å². The van der Waals surface area contributed by atoms with E-state index < -0.39 is 0 Å². The van der Waals surface area contributed by atoms with Crippen molar-refractivity contribution < 1.29 is 9.53 Å². The molecule has 1 amide bonds. The Morgan fingerprint density at radius 3 is 2.81 bits per heavy atom. The summed E-state index contributed by atoms with van der Waals surface area (Å²) in [5.74, 6) is 0.501. The summed E-state index contributed by atoms with van der Waals surface area (Å²) in [5.41, 5.74) is 0. The van der Waals surface area contributed by atoms with Crippen LogP contribution in [0.4, 0.5) is 0 Å². The second kappa shape index (κ2) is 7.38. The molecule has 21 heavy (non-hydrogen) atoms. The number of nitrogens with one attached hydrogen (secondary N) is 1. The molecule has 1 N–H and O–H groups in total. The van der Waals surface area contributed by atoms with Crippen molar-refractivity contribution in [2.45, 2.75) is 31.7 Å². The first-order valence-electron chi connectivity index (χ1n) is 7.97. The van der Waals surface area contributed by atoms with E-state index in [2.05, 4.69) is 27.7 Å². The highest BCUT2D eigenvalue weighted by atomic mass is 32.1. The molecule has 1 saturated carbocycles. The largest absolute Gasteiger partial charge is 0.379 e. The Bertz CT molecular complexity index is 437. The molecule has 1 unspecified atom stereocenters. The van der Waals surface area contributed by atoms with Crippen LogP contribution in [0.15, 0.2) is 17.5 Å². The van der Waals surface area contributed by atoms with Gasteiger partial charge in [0.25, 0.3) is 0 Å². The zero-order chi connectivity index (χ0) is 14.5. The average molecular weight is 308 g/mol. The van der Waals surface area contributed by atoms with E-state index in [1.165, 1.54) is 17.7 Å². The van der Waals surface area contributed by atoms with Gasteiger partial charge in [0.2, 0.25) is 5.91 Å². The van der Waals surface area contributed by atoms with Crippen LogP contribution in [-0.2, 0) is 9.53 Å². The minimum Gasteiger partial charge on any atom is -0.379 e. The summed E-state index contributed by atoms with van der Waals surface area (Å²) in [6.45, 7) is 4.19. The van der Waals surface area contributed by atoms with Crippen molar-refractivity contribution in [2.24, 2.45) is 5.92 Å². The van der Waals surface area contributed by atoms with Crippen LogP contribution in [0.25, 0.3) is 0 Å². The molecule has 116 valence electrons. The van der Waals surface area contributed by atoms with Gasteiger partial charge < -0.3 is 10.1 Å². The van der Waals surface area contributed by atoms with E-state index in [-0.39, 0.29) is 11.8 Å². The lowest BCUT2D eigenvalue weighted by Crippen LogP contribution is -2.44. The molecule has 1 aromatic heterocycles. The zero-order valence-electron chi connectivity index (χ0n) is 12.4. The molecule has 2 heterocycles. The third-order valence-corrected chi connectivity index (χ3v) is 5.53. The van der Waals surface area contributed by atoms with Crippen LogP contribution in [0.1, 0.15) is 36.6 Å². The van der Waals surface area contributed by atoms with Gasteiger partial charge in [0.05, 0.1) is 19.3 Å². The van der Waals surface area contributed by atoms with E-state index in [1.807, 2.05) is 0 Å². The molecule has 1 atom stereocenters. The Hall–Kier alpha value is -0.910. The zero-order valence-corrected chi connectivity index (χ0v) is 13.2. The van der Waals surface area contributed by atoms with Crippen molar-refractivity contribution in [3.8, 4) is 0 Å². The summed E-state index contributed by atoms with van der Waals surface area (Å²) < 4.78 is 5.45. The molecule has 5 heteroatoms. The summed E-state index contributed by atoms with van der Waals surface area (Å²) in [5, 5.41) is 5.31. The highest BCUT2D eigenvalue weighted by Gasteiger charge is 2.26. The topological polar surface area (TPSA) is 41.6 Å². The quantitative estimate of drug-likeness (QED) is 0.908. The predicted octanol–water partition coefficient (Wildman–Crippen LogP) is 2.43. The number of ether oxygens (including phenoxy) is 1. The molecule has 0 bridgehead atoms. The molecule has 1 aliphatic heterocycles. The average Bonchev–Trinajstić information content (AvgIpc) is 3.22. The molecule has 2 aliphatic rings. The Labute approximate surface area is 130 Å². The Morgan fingerprint density at radius 2 is 2.14 bits per heavy atom. The molecule has 0 radical (unpaired) electrons.